The predicted octanol–water partition coefficient (Wildman–Crippen LogP) is 3.05. The van der Waals surface area contributed by atoms with Gasteiger partial charge < -0.3 is 14.4 Å². The molecule has 0 radical (unpaired) electrons. The van der Waals surface area contributed by atoms with Crippen molar-refractivity contribution in [3.05, 3.63) is 34.0 Å². The lowest BCUT2D eigenvalue weighted by atomic mass is 10.1. The summed E-state index contributed by atoms with van der Waals surface area (Å²) in [6.07, 6.45) is -0.0902. The van der Waals surface area contributed by atoms with Gasteiger partial charge in [0.2, 0.25) is 0 Å². The maximum atomic E-state index is 12.3. The van der Waals surface area contributed by atoms with Gasteiger partial charge in [0.25, 0.3) is 5.91 Å². The van der Waals surface area contributed by atoms with Crippen LogP contribution in [0.1, 0.15) is 22.5 Å². The van der Waals surface area contributed by atoms with Gasteiger partial charge in [-0.05, 0) is 25.1 Å². The van der Waals surface area contributed by atoms with Gasteiger partial charge in [-0.3, -0.25) is 9.59 Å². The van der Waals surface area contributed by atoms with E-state index < -0.39 is 5.97 Å². The lowest BCUT2D eigenvalue weighted by Gasteiger charge is -2.14. The molecule has 6 heteroatoms. The van der Waals surface area contributed by atoms with E-state index in [1.807, 2.05) is 19.1 Å². The number of carboxylic acids is 1. The Balaban J connectivity index is 2.30. The molecule has 0 spiro atoms. The van der Waals surface area contributed by atoms with Crippen LogP contribution in [0.5, 0.6) is 0 Å². The third kappa shape index (κ3) is 2.85. The lowest BCUT2D eigenvalue weighted by molar-refractivity contribution is -0.137. The summed E-state index contributed by atoms with van der Waals surface area (Å²) in [7, 11) is 1.56. The van der Waals surface area contributed by atoms with Gasteiger partial charge in [0.15, 0.2) is 5.76 Å². The highest BCUT2D eigenvalue weighted by Crippen LogP contribution is 2.28. The predicted molar refractivity (Wildman–Crippen MR) is 77.9 cm³/mol. The Morgan fingerprint density at radius 2 is 2.10 bits per heavy atom. The number of benzene rings is 1. The molecule has 0 atom stereocenters. The summed E-state index contributed by atoms with van der Waals surface area (Å²) in [4.78, 5) is 24.2. The number of aryl methyl sites for hydroxylation is 1. The SMILES string of the molecule is Cc1c(C(=O)N(C)CCC(=O)O)oc2ccc(Br)cc12. The normalized spacial score (nSPS) is 10.8. The summed E-state index contributed by atoms with van der Waals surface area (Å²) >= 11 is 3.38. The number of rotatable bonds is 4. The van der Waals surface area contributed by atoms with E-state index >= 15 is 0 Å². The number of hydrogen-bond acceptors (Lipinski definition) is 3. The van der Waals surface area contributed by atoms with Gasteiger partial charge in [-0.25, -0.2) is 0 Å². The third-order valence-corrected chi connectivity index (χ3v) is 3.59. The van der Waals surface area contributed by atoms with E-state index in [1.165, 1.54) is 4.90 Å². The van der Waals surface area contributed by atoms with Crippen LogP contribution in [0.25, 0.3) is 11.0 Å². The van der Waals surface area contributed by atoms with Gasteiger partial charge in [-0.2, -0.15) is 0 Å². The van der Waals surface area contributed by atoms with Crippen LogP contribution in [0.4, 0.5) is 0 Å². The van der Waals surface area contributed by atoms with Gasteiger partial charge in [-0.15, -0.1) is 0 Å². The minimum Gasteiger partial charge on any atom is -0.481 e. The van der Waals surface area contributed by atoms with E-state index in [0.29, 0.717) is 5.58 Å². The lowest BCUT2D eigenvalue weighted by Crippen LogP contribution is -2.29. The van der Waals surface area contributed by atoms with Crippen molar-refractivity contribution in [1.82, 2.24) is 4.90 Å². The summed E-state index contributed by atoms with van der Waals surface area (Å²) in [5, 5.41) is 9.52. The number of fused-ring (bicyclic) bond motifs is 1. The smallest absolute Gasteiger partial charge is 0.305 e. The van der Waals surface area contributed by atoms with E-state index in [0.717, 1.165) is 15.4 Å². The van der Waals surface area contributed by atoms with Gasteiger partial charge in [0, 0.05) is 29.0 Å². The molecule has 0 saturated carbocycles. The molecule has 20 heavy (non-hydrogen) atoms. The van der Waals surface area contributed by atoms with Crippen LogP contribution in [0, 0.1) is 6.92 Å². The number of furan rings is 1. The van der Waals surface area contributed by atoms with Crippen LogP contribution in [-0.2, 0) is 4.79 Å². The van der Waals surface area contributed by atoms with Crippen molar-refractivity contribution in [2.45, 2.75) is 13.3 Å². The molecule has 0 unspecified atom stereocenters. The highest BCUT2D eigenvalue weighted by molar-refractivity contribution is 9.10. The van der Waals surface area contributed by atoms with Crippen molar-refractivity contribution in [2.75, 3.05) is 13.6 Å². The van der Waals surface area contributed by atoms with Crippen molar-refractivity contribution >= 4 is 38.8 Å². The number of carbonyl (C=O) groups excluding carboxylic acids is 1. The van der Waals surface area contributed by atoms with E-state index in [4.69, 9.17) is 9.52 Å². The Kier molecular flexibility index (Phi) is 4.13. The molecule has 2 aromatic rings. The molecular weight excluding hydrogens is 326 g/mol. The van der Waals surface area contributed by atoms with E-state index in [-0.39, 0.29) is 24.6 Å². The van der Waals surface area contributed by atoms with Crippen LogP contribution >= 0.6 is 15.9 Å². The fourth-order valence-corrected chi connectivity index (χ4v) is 2.30. The van der Waals surface area contributed by atoms with Crippen molar-refractivity contribution in [2.24, 2.45) is 0 Å². The van der Waals surface area contributed by atoms with Crippen LogP contribution < -0.4 is 0 Å². The molecule has 106 valence electrons. The first kappa shape index (κ1) is 14.6. The van der Waals surface area contributed by atoms with E-state index in [1.54, 1.807) is 13.1 Å². The fraction of sp³-hybridized carbons (Fsp3) is 0.286. The Morgan fingerprint density at radius 1 is 1.40 bits per heavy atom. The molecule has 1 amide bonds. The molecular formula is C14H14BrNO4. The molecule has 1 aromatic carbocycles. The summed E-state index contributed by atoms with van der Waals surface area (Å²) in [6.45, 7) is 1.96. The molecule has 0 aliphatic rings. The molecule has 1 heterocycles. The first-order chi connectivity index (χ1) is 9.40. The molecule has 1 N–H and O–H groups in total. The maximum absolute atomic E-state index is 12.3. The van der Waals surface area contributed by atoms with Gasteiger partial charge in [0.05, 0.1) is 6.42 Å². The fourth-order valence-electron chi connectivity index (χ4n) is 1.94. The highest BCUT2D eigenvalue weighted by Gasteiger charge is 2.21. The number of nitrogens with zero attached hydrogens (tertiary/aromatic N) is 1. The summed E-state index contributed by atoms with van der Waals surface area (Å²) < 4.78 is 6.49. The maximum Gasteiger partial charge on any atom is 0.305 e. The van der Waals surface area contributed by atoms with Crippen LogP contribution in [-0.4, -0.2) is 35.5 Å². The second kappa shape index (κ2) is 5.66. The van der Waals surface area contributed by atoms with E-state index in [9.17, 15) is 9.59 Å². The summed E-state index contributed by atoms with van der Waals surface area (Å²) in [5.74, 6) is -0.989. The minimum atomic E-state index is -0.935. The zero-order valence-corrected chi connectivity index (χ0v) is 12.7. The number of aliphatic carboxylic acids is 1. The number of amides is 1. The molecule has 0 aliphatic heterocycles. The molecule has 2 rings (SSSR count). The summed E-state index contributed by atoms with van der Waals surface area (Å²) in [6, 6.07) is 5.52. The molecule has 0 fully saturated rings. The average molecular weight is 340 g/mol. The molecule has 0 saturated heterocycles. The Bertz CT molecular complexity index is 677. The molecule has 0 aliphatic carbocycles. The second-order valence-electron chi connectivity index (χ2n) is 4.57. The van der Waals surface area contributed by atoms with Crippen LogP contribution in [0.2, 0.25) is 0 Å². The summed E-state index contributed by atoms with van der Waals surface area (Å²) in [5.41, 5.74) is 1.40. The molecule has 1 aromatic heterocycles. The quantitative estimate of drug-likeness (QED) is 0.929. The number of hydrogen-bond donors (Lipinski definition) is 1. The minimum absolute atomic E-state index is 0.0902. The average Bonchev–Trinajstić information content (AvgIpc) is 2.72. The van der Waals surface area contributed by atoms with Crippen molar-refractivity contribution < 1.29 is 19.1 Å². The first-order valence-corrected chi connectivity index (χ1v) is 6.85. The van der Waals surface area contributed by atoms with Gasteiger partial charge in [0.1, 0.15) is 5.58 Å². The van der Waals surface area contributed by atoms with E-state index in [2.05, 4.69) is 15.9 Å². The van der Waals surface area contributed by atoms with Gasteiger partial charge in [-0.1, -0.05) is 15.9 Å². The molecule has 5 nitrogen and oxygen atoms in total. The van der Waals surface area contributed by atoms with Crippen molar-refractivity contribution in [3.8, 4) is 0 Å². The van der Waals surface area contributed by atoms with Crippen LogP contribution in [0.3, 0.4) is 0 Å². The first-order valence-electron chi connectivity index (χ1n) is 6.06. The second-order valence-corrected chi connectivity index (χ2v) is 5.48. The van der Waals surface area contributed by atoms with Crippen molar-refractivity contribution in [1.29, 1.82) is 0 Å². The zero-order chi connectivity index (χ0) is 14.9. The zero-order valence-electron chi connectivity index (χ0n) is 11.1. The number of carbonyl (C=O) groups is 2. The largest absolute Gasteiger partial charge is 0.481 e. The number of halogens is 1. The Hall–Kier alpha value is -1.82. The monoisotopic (exact) mass is 339 g/mol. The standard InChI is InChI=1S/C14H14BrNO4/c1-8-10-7-9(15)3-4-11(10)20-13(8)14(19)16(2)6-5-12(17)18/h3-4,7H,5-6H2,1-2H3,(H,17,18). The highest BCUT2D eigenvalue weighted by atomic mass is 79.9. The van der Waals surface area contributed by atoms with Gasteiger partial charge >= 0.3 is 5.97 Å². The molecule has 0 bridgehead atoms. The topological polar surface area (TPSA) is 70.8 Å². The third-order valence-electron chi connectivity index (χ3n) is 3.10. The van der Waals surface area contributed by atoms with Crippen LogP contribution in [0.15, 0.2) is 27.1 Å². The Morgan fingerprint density at radius 3 is 2.75 bits per heavy atom. The number of carboxylic acid groups (broad SMARTS) is 1. The Labute approximate surface area is 124 Å². The van der Waals surface area contributed by atoms with Crippen molar-refractivity contribution in [3.63, 3.8) is 0 Å².